The Morgan fingerprint density at radius 2 is 1.94 bits per heavy atom. The van der Waals surface area contributed by atoms with Crippen molar-refractivity contribution in [2.75, 3.05) is 20.2 Å². The molecule has 2 heterocycles. The van der Waals surface area contributed by atoms with Crippen LogP contribution in [-0.4, -0.2) is 58.0 Å². The molecule has 8 heteroatoms. The Morgan fingerprint density at radius 1 is 1.16 bits per heavy atom. The van der Waals surface area contributed by atoms with Crippen molar-refractivity contribution in [1.82, 2.24) is 19.9 Å². The lowest BCUT2D eigenvalue weighted by Gasteiger charge is -2.40. The number of methoxy groups -OCH3 is 1. The number of nitrogens with zero attached hydrogens (tertiary/aromatic N) is 4. The summed E-state index contributed by atoms with van der Waals surface area (Å²) in [6.45, 7) is 4.94. The molecule has 2 aromatic carbocycles. The molecule has 0 N–H and O–H groups in total. The molecule has 1 unspecified atom stereocenters. The van der Waals surface area contributed by atoms with E-state index in [1.54, 1.807) is 36.0 Å². The second kappa shape index (κ2) is 9.21. The minimum absolute atomic E-state index is 0.129. The van der Waals surface area contributed by atoms with E-state index in [4.69, 9.17) is 9.26 Å². The number of carbonyl (C=O) groups excluding carboxylic acids is 2. The van der Waals surface area contributed by atoms with Crippen LogP contribution in [0.15, 0.2) is 53.1 Å². The Hall–Kier alpha value is -3.68. The highest BCUT2D eigenvalue weighted by atomic mass is 16.5. The number of hydrogen-bond donors (Lipinski definition) is 0. The van der Waals surface area contributed by atoms with Gasteiger partial charge in [-0.2, -0.15) is 4.98 Å². The zero-order chi connectivity index (χ0) is 22.7. The van der Waals surface area contributed by atoms with Gasteiger partial charge in [-0.1, -0.05) is 35.5 Å². The molecule has 1 fully saturated rings. The van der Waals surface area contributed by atoms with Crippen molar-refractivity contribution >= 4 is 11.8 Å². The molecule has 32 heavy (non-hydrogen) atoms. The van der Waals surface area contributed by atoms with E-state index >= 15 is 0 Å². The minimum atomic E-state index is -0.721. The summed E-state index contributed by atoms with van der Waals surface area (Å²) in [5.41, 5.74) is 2.38. The number of carbonyl (C=O) groups is 2. The average molecular weight is 434 g/mol. The molecule has 1 aliphatic rings. The van der Waals surface area contributed by atoms with Gasteiger partial charge in [0, 0.05) is 25.2 Å². The normalized spacial score (nSPS) is 16.3. The Balaban J connectivity index is 1.61. The fraction of sp³-hybridized carbons (Fsp3) is 0.333. The zero-order valence-electron chi connectivity index (χ0n) is 18.4. The third-order valence-corrected chi connectivity index (χ3v) is 5.66. The number of piperazine rings is 1. The Bertz CT molecular complexity index is 1110. The molecule has 0 bridgehead atoms. The molecule has 0 spiro atoms. The monoisotopic (exact) mass is 434 g/mol. The minimum Gasteiger partial charge on any atom is -0.497 e. The Morgan fingerprint density at radius 3 is 2.59 bits per heavy atom. The van der Waals surface area contributed by atoms with Gasteiger partial charge in [0.05, 0.1) is 13.5 Å². The summed E-state index contributed by atoms with van der Waals surface area (Å²) in [5.74, 6) is 1.19. The van der Waals surface area contributed by atoms with E-state index in [-0.39, 0.29) is 18.2 Å². The van der Waals surface area contributed by atoms with Gasteiger partial charge < -0.3 is 19.1 Å². The first kappa shape index (κ1) is 21.5. The maximum absolute atomic E-state index is 13.5. The number of hydrogen-bond acceptors (Lipinski definition) is 6. The molecule has 1 aromatic heterocycles. The van der Waals surface area contributed by atoms with E-state index in [0.29, 0.717) is 42.7 Å². The summed E-state index contributed by atoms with van der Waals surface area (Å²) < 4.78 is 10.5. The van der Waals surface area contributed by atoms with Gasteiger partial charge in [0.15, 0.2) is 5.82 Å². The topological polar surface area (TPSA) is 88.8 Å². The van der Waals surface area contributed by atoms with E-state index in [1.807, 2.05) is 43.3 Å². The number of ether oxygens (including phenoxy) is 1. The van der Waals surface area contributed by atoms with Crippen LogP contribution >= 0.6 is 0 Å². The summed E-state index contributed by atoms with van der Waals surface area (Å²) in [6, 6.07) is 14.4. The second-order valence-electron chi connectivity index (χ2n) is 7.88. The highest BCUT2D eigenvalue weighted by molar-refractivity contribution is 5.99. The predicted molar refractivity (Wildman–Crippen MR) is 117 cm³/mol. The highest BCUT2D eigenvalue weighted by Crippen LogP contribution is 2.24. The van der Waals surface area contributed by atoms with Crippen molar-refractivity contribution in [3.05, 3.63) is 76.9 Å². The van der Waals surface area contributed by atoms with Crippen LogP contribution in [0.25, 0.3) is 0 Å². The van der Waals surface area contributed by atoms with Crippen LogP contribution in [0.3, 0.4) is 0 Å². The number of amides is 2. The first-order valence-electron chi connectivity index (χ1n) is 10.5. The summed E-state index contributed by atoms with van der Waals surface area (Å²) in [5, 5.41) is 3.83. The maximum atomic E-state index is 13.5. The molecule has 0 radical (unpaired) electrons. The van der Waals surface area contributed by atoms with Crippen LogP contribution in [0, 0.1) is 13.8 Å². The second-order valence-corrected chi connectivity index (χ2v) is 7.88. The van der Waals surface area contributed by atoms with Gasteiger partial charge in [0.2, 0.25) is 11.8 Å². The Kier molecular flexibility index (Phi) is 6.20. The molecule has 4 rings (SSSR count). The van der Waals surface area contributed by atoms with Crippen molar-refractivity contribution in [2.45, 2.75) is 32.9 Å². The molecule has 0 saturated carbocycles. The van der Waals surface area contributed by atoms with Gasteiger partial charge in [-0.3, -0.25) is 9.59 Å². The number of rotatable bonds is 6. The fourth-order valence-electron chi connectivity index (χ4n) is 3.99. The van der Waals surface area contributed by atoms with Gasteiger partial charge in [0.1, 0.15) is 11.8 Å². The quantitative estimate of drug-likeness (QED) is 0.593. The molecule has 1 aliphatic heterocycles. The van der Waals surface area contributed by atoms with E-state index in [2.05, 4.69) is 10.1 Å². The standard InChI is InChI=1S/C24H26N4O4/c1-16-13-19(31-3)9-10-20(16)23(29)28-12-11-27(15-18-7-5-4-6-8-18)24(30)21(28)14-22-25-17(2)26-32-22/h4-10,13,21H,11-12,14-15H2,1-3H3. The zero-order valence-corrected chi connectivity index (χ0v) is 18.4. The van der Waals surface area contributed by atoms with Gasteiger partial charge in [-0.15, -0.1) is 0 Å². The van der Waals surface area contributed by atoms with E-state index in [9.17, 15) is 9.59 Å². The molecular formula is C24H26N4O4. The van der Waals surface area contributed by atoms with Crippen LogP contribution in [0.4, 0.5) is 0 Å². The molecule has 166 valence electrons. The van der Waals surface area contributed by atoms with Crippen LogP contribution in [0.1, 0.15) is 33.2 Å². The van der Waals surface area contributed by atoms with Crippen LogP contribution in [0.2, 0.25) is 0 Å². The Labute approximate surface area is 186 Å². The summed E-state index contributed by atoms with van der Waals surface area (Å²) in [6.07, 6.45) is 0.173. The smallest absolute Gasteiger partial charge is 0.254 e. The predicted octanol–water partition coefficient (Wildman–Crippen LogP) is 2.79. The first-order chi connectivity index (χ1) is 15.5. The van der Waals surface area contributed by atoms with E-state index in [1.165, 1.54) is 0 Å². The lowest BCUT2D eigenvalue weighted by Crippen LogP contribution is -2.59. The number of benzene rings is 2. The molecule has 2 amide bonds. The summed E-state index contributed by atoms with van der Waals surface area (Å²) in [4.78, 5) is 34.6. The van der Waals surface area contributed by atoms with Gasteiger partial charge in [-0.25, -0.2) is 0 Å². The summed E-state index contributed by atoms with van der Waals surface area (Å²) >= 11 is 0. The van der Waals surface area contributed by atoms with E-state index in [0.717, 1.165) is 11.1 Å². The lowest BCUT2D eigenvalue weighted by molar-refractivity contribution is -0.141. The highest BCUT2D eigenvalue weighted by Gasteiger charge is 2.39. The molecule has 0 aliphatic carbocycles. The van der Waals surface area contributed by atoms with Gasteiger partial charge in [0.25, 0.3) is 5.91 Å². The average Bonchev–Trinajstić information content (AvgIpc) is 3.21. The van der Waals surface area contributed by atoms with Crippen molar-refractivity contribution in [1.29, 1.82) is 0 Å². The number of aryl methyl sites for hydroxylation is 2. The van der Waals surface area contributed by atoms with Gasteiger partial charge in [-0.05, 0) is 43.2 Å². The van der Waals surface area contributed by atoms with Crippen molar-refractivity contribution in [3.63, 3.8) is 0 Å². The number of aromatic nitrogens is 2. The maximum Gasteiger partial charge on any atom is 0.254 e. The van der Waals surface area contributed by atoms with E-state index < -0.39 is 6.04 Å². The lowest BCUT2D eigenvalue weighted by atomic mass is 10.0. The van der Waals surface area contributed by atoms with Crippen LogP contribution in [-0.2, 0) is 17.8 Å². The third kappa shape index (κ3) is 4.49. The fourth-order valence-corrected chi connectivity index (χ4v) is 3.99. The third-order valence-electron chi connectivity index (χ3n) is 5.66. The van der Waals surface area contributed by atoms with Gasteiger partial charge >= 0.3 is 0 Å². The van der Waals surface area contributed by atoms with Crippen molar-refractivity contribution < 1.29 is 18.8 Å². The SMILES string of the molecule is COc1ccc(C(=O)N2CCN(Cc3ccccc3)C(=O)C2Cc2nc(C)no2)c(C)c1. The van der Waals surface area contributed by atoms with Crippen molar-refractivity contribution in [3.8, 4) is 5.75 Å². The first-order valence-corrected chi connectivity index (χ1v) is 10.5. The molecular weight excluding hydrogens is 408 g/mol. The molecule has 3 aromatic rings. The van der Waals surface area contributed by atoms with Crippen LogP contribution < -0.4 is 4.74 Å². The summed E-state index contributed by atoms with van der Waals surface area (Å²) in [7, 11) is 1.59. The largest absolute Gasteiger partial charge is 0.497 e. The van der Waals surface area contributed by atoms with Crippen LogP contribution in [0.5, 0.6) is 5.75 Å². The molecule has 8 nitrogen and oxygen atoms in total. The molecule has 1 saturated heterocycles. The molecule has 1 atom stereocenters. The van der Waals surface area contributed by atoms with Crippen molar-refractivity contribution in [2.24, 2.45) is 0 Å².